The van der Waals surface area contributed by atoms with Crippen LogP contribution in [-0.2, 0) is 4.79 Å². The third-order valence-corrected chi connectivity index (χ3v) is 5.06. The molecule has 20 heavy (non-hydrogen) atoms. The van der Waals surface area contributed by atoms with E-state index in [1.165, 1.54) is 6.42 Å². The fourth-order valence-electron chi connectivity index (χ4n) is 2.93. The number of amides is 1. The first-order chi connectivity index (χ1) is 9.63. The van der Waals surface area contributed by atoms with Crippen LogP contribution in [0.4, 0.5) is 0 Å². The first kappa shape index (κ1) is 15.6. The van der Waals surface area contributed by atoms with E-state index in [1.807, 2.05) is 23.1 Å². The predicted octanol–water partition coefficient (Wildman–Crippen LogP) is 4.20. The minimum atomic E-state index is -0.000926. The molecule has 110 valence electrons. The highest BCUT2D eigenvalue weighted by molar-refractivity contribution is 9.09. The number of hydrogen-bond donors (Lipinski definition) is 0. The molecule has 3 heteroatoms. The lowest BCUT2D eigenvalue weighted by molar-refractivity contribution is -0.134. The van der Waals surface area contributed by atoms with E-state index in [0.29, 0.717) is 16.7 Å². The molecule has 1 aliphatic heterocycles. The Labute approximate surface area is 130 Å². The number of piperidine rings is 1. The third-order valence-electron chi connectivity index (χ3n) is 4.31. The number of carbonyl (C=O) groups excluding carboxylic acids is 1. The first-order valence-corrected chi connectivity index (χ1v) is 8.52. The average Bonchev–Trinajstić information content (AvgIpc) is 2.48. The zero-order valence-corrected chi connectivity index (χ0v) is 14.0. The Balaban J connectivity index is 2.20. The molecule has 1 aromatic carbocycles. The van der Waals surface area contributed by atoms with Gasteiger partial charge in [-0.25, -0.2) is 0 Å². The van der Waals surface area contributed by atoms with Crippen LogP contribution in [0, 0.1) is 5.92 Å². The Bertz CT molecular complexity index is 434. The van der Waals surface area contributed by atoms with Gasteiger partial charge in [0.25, 0.3) is 0 Å². The summed E-state index contributed by atoms with van der Waals surface area (Å²) in [6, 6.07) is 10.2. The molecule has 1 amide bonds. The van der Waals surface area contributed by atoms with Gasteiger partial charge in [0.2, 0.25) is 5.91 Å². The number of benzene rings is 1. The second-order valence-electron chi connectivity index (χ2n) is 5.80. The highest BCUT2D eigenvalue weighted by Crippen LogP contribution is 2.30. The quantitative estimate of drug-likeness (QED) is 0.754. The summed E-state index contributed by atoms with van der Waals surface area (Å²) in [7, 11) is 0. The number of hydrogen-bond acceptors (Lipinski definition) is 1. The highest BCUT2D eigenvalue weighted by atomic mass is 79.9. The summed E-state index contributed by atoms with van der Waals surface area (Å²) in [6.45, 7) is 6.10. The minimum Gasteiger partial charge on any atom is -0.341 e. The van der Waals surface area contributed by atoms with E-state index in [-0.39, 0.29) is 5.92 Å². The number of nitrogens with zero attached hydrogens (tertiary/aromatic N) is 1. The van der Waals surface area contributed by atoms with Crippen LogP contribution in [0.25, 0.3) is 0 Å². The third kappa shape index (κ3) is 3.63. The highest BCUT2D eigenvalue weighted by Gasteiger charge is 2.31. The van der Waals surface area contributed by atoms with Crippen molar-refractivity contribution < 1.29 is 4.79 Å². The number of carbonyl (C=O) groups is 1. The van der Waals surface area contributed by atoms with Gasteiger partial charge in [0, 0.05) is 17.9 Å². The molecule has 2 nitrogen and oxygen atoms in total. The largest absolute Gasteiger partial charge is 0.341 e. The van der Waals surface area contributed by atoms with Crippen LogP contribution >= 0.6 is 15.9 Å². The maximum absolute atomic E-state index is 12.9. The van der Waals surface area contributed by atoms with Crippen molar-refractivity contribution in [2.75, 3.05) is 13.1 Å². The van der Waals surface area contributed by atoms with Crippen molar-refractivity contribution in [1.82, 2.24) is 4.90 Å². The van der Waals surface area contributed by atoms with Crippen molar-refractivity contribution in [3.63, 3.8) is 0 Å². The zero-order chi connectivity index (χ0) is 14.5. The van der Waals surface area contributed by atoms with Gasteiger partial charge in [-0.1, -0.05) is 66.5 Å². The van der Waals surface area contributed by atoms with Crippen LogP contribution in [0.2, 0.25) is 0 Å². The van der Waals surface area contributed by atoms with Crippen LogP contribution in [0.3, 0.4) is 0 Å². The van der Waals surface area contributed by atoms with Gasteiger partial charge < -0.3 is 4.90 Å². The molecule has 1 aliphatic rings. The molecule has 0 aromatic heterocycles. The van der Waals surface area contributed by atoms with Gasteiger partial charge in [0.15, 0.2) is 0 Å². The molecule has 1 heterocycles. The summed E-state index contributed by atoms with van der Waals surface area (Å²) < 4.78 is 0. The summed E-state index contributed by atoms with van der Waals surface area (Å²) >= 11 is 3.66. The maximum Gasteiger partial charge on any atom is 0.230 e. The van der Waals surface area contributed by atoms with E-state index in [9.17, 15) is 4.79 Å². The fourth-order valence-corrected chi connectivity index (χ4v) is 3.61. The van der Waals surface area contributed by atoms with Crippen LogP contribution in [0.1, 0.15) is 44.6 Å². The standard InChI is InChI=1S/C17H24BrNO/c1-3-13(2)16(14-8-5-4-6-9-14)17(20)19-11-7-10-15(18)12-19/h4-6,8-9,13,15-16H,3,7,10-12H2,1-2H3. The van der Waals surface area contributed by atoms with Crippen LogP contribution in [0.5, 0.6) is 0 Å². The number of halogens is 1. The minimum absolute atomic E-state index is 0.000926. The molecule has 1 saturated heterocycles. The molecule has 0 saturated carbocycles. The molecule has 1 aromatic rings. The summed E-state index contributed by atoms with van der Waals surface area (Å²) in [5.41, 5.74) is 1.16. The van der Waals surface area contributed by atoms with Crippen molar-refractivity contribution in [2.45, 2.75) is 43.9 Å². The zero-order valence-electron chi connectivity index (χ0n) is 12.4. The molecule has 0 radical (unpaired) electrons. The fraction of sp³-hybridized carbons (Fsp3) is 0.588. The van der Waals surface area contributed by atoms with Gasteiger partial charge in [-0.15, -0.1) is 0 Å². The molecule has 0 spiro atoms. The number of likely N-dealkylation sites (tertiary alicyclic amines) is 1. The van der Waals surface area contributed by atoms with Crippen LogP contribution in [-0.4, -0.2) is 28.7 Å². The summed E-state index contributed by atoms with van der Waals surface area (Å²) in [4.78, 5) is 15.5. The SMILES string of the molecule is CCC(C)C(C(=O)N1CCCC(Br)C1)c1ccccc1. The molecule has 3 atom stereocenters. The monoisotopic (exact) mass is 337 g/mol. The second kappa shape index (κ2) is 7.26. The predicted molar refractivity (Wildman–Crippen MR) is 87.2 cm³/mol. The lowest BCUT2D eigenvalue weighted by Gasteiger charge is -2.34. The van der Waals surface area contributed by atoms with Gasteiger partial charge in [-0.05, 0) is 24.3 Å². The molecule has 0 N–H and O–H groups in total. The van der Waals surface area contributed by atoms with Gasteiger partial charge in [0.05, 0.1) is 5.92 Å². The van der Waals surface area contributed by atoms with E-state index in [1.54, 1.807) is 0 Å². The maximum atomic E-state index is 12.9. The summed E-state index contributed by atoms with van der Waals surface area (Å²) in [5.74, 6) is 0.675. The summed E-state index contributed by atoms with van der Waals surface area (Å²) in [5, 5.41) is 0. The Morgan fingerprint density at radius 3 is 2.70 bits per heavy atom. The summed E-state index contributed by atoms with van der Waals surface area (Å²) in [6.07, 6.45) is 3.30. The van der Waals surface area contributed by atoms with E-state index < -0.39 is 0 Å². The smallest absolute Gasteiger partial charge is 0.230 e. The Hall–Kier alpha value is -0.830. The Morgan fingerprint density at radius 2 is 2.10 bits per heavy atom. The van der Waals surface area contributed by atoms with Crippen molar-refractivity contribution in [3.05, 3.63) is 35.9 Å². The number of rotatable bonds is 4. The average molecular weight is 338 g/mol. The van der Waals surface area contributed by atoms with Gasteiger partial charge >= 0.3 is 0 Å². The van der Waals surface area contributed by atoms with Gasteiger partial charge in [-0.3, -0.25) is 4.79 Å². The van der Waals surface area contributed by atoms with Crippen molar-refractivity contribution in [1.29, 1.82) is 0 Å². The molecule has 3 unspecified atom stereocenters. The molecule has 0 aliphatic carbocycles. The van der Waals surface area contributed by atoms with E-state index in [4.69, 9.17) is 0 Å². The Morgan fingerprint density at radius 1 is 1.40 bits per heavy atom. The van der Waals surface area contributed by atoms with Crippen molar-refractivity contribution in [3.8, 4) is 0 Å². The normalized spacial score (nSPS) is 22.4. The molecule has 1 fully saturated rings. The molecule has 2 rings (SSSR count). The van der Waals surface area contributed by atoms with Gasteiger partial charge in [-0.2, -0.15) is 0 Å². The van der Waals surface area contributed by atoms with Crippen LogP contribution < -0.4 is 0 Å². The second-order valence-corrected chi connectivity index (χ2v) is 7.09. The molecular formula is C17H24BrNO. The molecular weight excluding hydrogens is 314 g/mol. The molecule has 0 bridgehead atoms. The van der Waals surface area contributed by atoms with E-state index in [2.05, 4.69) is 41.9 Å². The van der Waals surface area contributed by atoms with Crippen LogP contribution in [0.15, 0.2) is 30.3 Å². The van der Waals surface area contributed by atoms with E-state index in [0.717, 1.165) is 31.5 Å². The van der Waals surface area contributed by atoms with Gasteiger partial charge in [0.1, 0.15) is 0 Å². The lowest BCUT2D eigenvalue weighted by atomic mass is 9.84. The van der Waals surface area contributed by atoms with E-state index >= 15 is 0 Å². The van der Waals surface area contributed by atoms with Crippen molar-refractivity contribution in [2.24, 2.45) is 5.92 Å². The lowest BCUT2D eigenvalue weighted by Crippen LogP contribution is -2.43. The number of alkyl halides is 1. The first-order valence-electron chi connectivity index (χ1n) is 7.61. The van der Waals surface area contributed by atoms with Crippen molar-refractivity contribution >= 4 is 21.8 Å². The Kier molecular flexibility index (Phi) is 5.64. The topological polar surface area (TPSA) is 20.3 Å².